The molecule has 3 aromatic rings. The summed E-state index contributed by atoms with van der Waals surface area (Å²) in [5, 5.41) is 3.15. The molecule has 0 bridgehead atoms. The van der Waals surface area contributed by atoms with Gasteiger partial charge in [-0.15, -0.1) is 0 Å². The minimum atomic E-state index is -0.657. The van der Waals surface area contributed by atoms with Gasteiger partial charge in [-0.25, -0.2) is 4.39 Å². The van der Waals surface area contributed by atoms with Crippen molar-refractivity contribution in [2.24, 2.45) is 0 Å². The number of furan rings is 1. The Hall–Kier alpha value is -3.00. The third kappa shape index (κ3) is 3.87. The number of benzene rings is 2. The zero-order chi connectivity index (χ0) is 21.4. The fourth-order valence-electron chi connectivity index (χ4n) is 2.86. The minimum absolute atomic E-state index is 0.0929. The molecule has 5 nitrogen and oxygen atoms in total. The average molecular weight is 461 g/mol. The van der Waals surface area contributed by atoms with Gasteiger partial charge >= 0.3 is 0 Å². The maximum atomic E-state index is 13.2. The summed E-state index contributed by atoms with van der Waals surface area (Å²) in [5.74, 6) is -1.01. The van der Waals surface area contributed by atoms with Crippen LogP contribution in [0.25, 0.3) is 17.4 Å². The van der Waals surface area contributed by atoms with Gasteiger partial charge in [-0.3, -0.25) is 19.8 Å². The van der Waals surface area contributed by atoms with Gasteiger partial charge in [0.1, 0.15) is 22.9 Å². The van der Waals surface area contributed by atoms with E-state index in [0.717, 1.165) is 4.90 Å². The van der Waals surface area contributed by atoms with Crippen LogP contribution in [0.2, 0.25) is 10.0 Å². The quantitative estimate of drug-likeness (QED) is 0.330. The van der Waals surface area contributed by atoms with E-state index >= 15 is 0 Å². The fraction of sp³-hybridized carbons (Fsp3) is 0. The summed E-state index contributed by atoms with van der Waals surface area (Å²) in [6, 6.07) is 13.5. The Morgan fingerprint density at radius 2 is 1.73 bits per heavy atom. The highest BCUT2D eigenvalue weighted by Crippen LogP contribution is 2.30. The second-order valence-corrected chi connectivity index (χ2v) is 7.47. The summed E-state index contributed by atoms with van der Waals surface area (Å²) in [7, 11) is 0. The summed E-state index contributed by atoms with van der Waals surface area (Å²) in [6.45, 7) is 0. The fourth-order valence-corrected chi connectivity index (χ4v) is 3.44. The lowest BCUT2D eigenvalue weighted by molar-refractivity contribution is -0.122. The van der Waals surface area contributed by atoms with Crippen LogP contribution in [0.1, 0.15) is 5.76 Å². The topological polar surface area (TPSA) is 62.6 Å². The molecule has 0 atom stereocenters. The van der Waals surface area contributed by atoms with Crippen LogP contribution in [-0.4, -0.2) is 16.9 Å². The van der Waals surface area contributed by atoms with Crippen molar-refractivity contribution in [3.63, 3.8) is 0 Å². The van der Waals surface area contributed by atoms with Gasteiger partial charge in [0.2, 0.25) is 0 Å². The van der Waals surface area contributed by atoms with Crippen molar-refractivity contribution >= 4 is 64.1 Å². The first-order valence-corrected chi connectivity index (χ1v) is 9.72. The minimum Gasteiger partial charge on any atom is -0.457 e. The molecule has 150 valence electrons. The monoisotopic (exact) mass is 460 g/mol. The van der Waals surface area contributed by atoms with Gasteiger partial charge in [-0.1, -0.05) is 23.2 Å². The smallest absolute Gasteiger partial charge is 0.270 e. The van der Waals surface area contributed by atoms with Crippen LogP contribution in [-0.2, 0) is 9.59 Å². The van der Waals surface area contributed by atoms with Gasteiger partial charge in [0.15, 0.2) is 5.11 Å². The molecule has 30 heavy (non-hydrogen) atoms. The number of hydrogen-bond donors (Lipinski definition) is 1. The third-order valence-electron chi connectivity index (χ3n) is 4.30. The number of carbonyl (C=O) groups excluding carboxylic acids is 2. The second-order valence-electron chi connectivity index (χ2n) is 6.27. The first-order chi connectivity index (χ1) is 14.3. The third-order valence-corrected chi connectivity index (χ3v) is 5.33. The zero-order valence-electron chi connectivity index (χ0n) is 15.0. The second kappa shape index (κ2) is 8.02. The van der Waals surface area contributed by atoms with Crippen LogP contribution in [0.3, 0.4) is 0 Å². The molecule has 2 heterocycles. The summed E-state index contributed by atoms with van der Waals surface area (Å²) in [5.41, 5.74) is 0.832. The van der Waals surface area contributed by atoms with E-state index in [1.165, 1.54) is 30.3 Å². The van der Waals surface area contributed by atoms with Gasteiger partial charge in [0.25, 0.3) is 11.8 Å². The van der Waals surface area contributed by atoms with Crippen LogP contribution < -0.4 is 10.2 Å². The number of hydrogen-bond acceptors (Lipinski definition) is 4. The number of nitrogens with zero attached hydrogens (tertiary/aromatic N) is 1. The van der Waals surface area contributed by atoms with Gasteiger partial charge in [0, 0.05) is 5.56 Å². The van der Waals surface area contributed by atoms with E-state index < -0.39 is 17.6 Å². The Balaban J connectivity index is 1.67. The molecular weight excluding hydrogens is 450 g/mol. The van der Waals surface area contributed by atoms with E-state index in [2.05, 4.69) is 5.32 Å². The first-order valence-electron chi connectivity index (χ1n) is 8.56. The van der Waals surface area contributed by atoms with Crippen LogP contribution in [0.4, 0.5) is 10.1 Å². The van der Waals surface area contributed by atoms with Gasteiger partial charge < -0.3 is 4.42 Å². The van der Waals surface area contributed by atoms with Crippen molar-refractivity contribution in [1.82, 2.24) is 5.32 Å². The number of nitrogens with one attached hydrogen (secondary N) is 1. The Morgan fingerprint density at radius 3 is 2.43 bits per heavy atom. The maximum Gasteiger partial charge on any atom is 0.270 e. The van der Waals surface area contributed by atoms with Crippen LogP contribution >= 0.6 is 35.4 Å². The van der Waals surface area contributed by atoms with Crippen molar-refractivity contribution < 1.29 is 18.4 Å². The molecule has 0 radical (unpaired) electrons. The highest BCUT2D eigenvalue weighted by atomic mass is 35.5. The molecule has 0 unspecified atom stereocenters. The largest absolute Gasteiger partial charge is 0.457 e. The van der Waals surface area contributed by atoms with Crippen molar-refractivity contribution in [2.45, 2.75) is 0 Å². The Bertz CT molecular complexity index is 1220. The predicted octanol–water partition coefficient (Wildman–Crippen LogP) is 5.22. The number of carbonyl (C=O) groups is 2. The van der Waals surface area contributed by atoms with Crippen molar-refractivity contribution in [3.8, 4) is 11.3 Å². The standard InChI is InChI=1S/C21H11Cl2FN2O3S/c22-16-7-1-11(9-17(16)23)18-8-6-14(29-18)10-15-19(27)25-21(30)26(20(15)28)13-4-2-12(24)3-5-13/h1-10H,(H,25,27,30)/b15-10-. The summed E-state index contributed by atoms with van der Waals surface area (Å²) in [6.07, 6.45) is 1.32. The average Bonchev–Trinajstić information content (AvgIpc) is 3.17. The van der Waals surface area contributed by atoms with Crippen molar-refractivity contribution in [3.05, 3.63) is 81.8 Å². The normalized spacial score (nSPS) is 15.6. The Labute approximate surface area is 185 Å². The molecule has 0 saturated carbocycles. The van der Waals surface area contributed by atoms with E-state index in [1.54, 1.807) is 30.3 Å². The molecule has 1 aromatic heterocycles. The highest BCUT2D eigenvalue weighted by molar-refractivity contribution is 7.80. The molecule has 1 aliphatic heterocycles. The molecule has 9 heteroatoms. The molecule has 2 amide bonds. The van der Waals surface area contributed by atoms with Crippen molar-refractivity contribution in [1.29, 1.82) is 0 Å². The molecule has 2 aromatic carbocycles. The zero-order valence-corrected chi connectivity index (χ0v) is 17.3. The van der Waals surface area contributed by atoms with E-state index in [-0.39, 0.29) is 16.4 Å². The number of halogens is 3. The van der Waals surface area contributed by atoms with Gasteiger partial charge in [-0.2, -0.15) is 0 Å². The van der Waals surface area contributed by atoms with E-state index in [0.29, 0.717) is 27.1 Å². The lowest BCUT2D eigenvalue weighted by Gasteiger charge is -2.28. The molecule has 4 rings (SSSR count). The van der Waals surface area contributed by atoms with E-state index in [9.17, 15) is 14.0 Å². The lowest BCUT2D eigenvalue weighted by atomic mass is 10.1. The number of rotatable bonds is 3. The molecule has 0 aliphatic carbocycles. The molecule has 1 saturated heterocycles. The predicted molar refractivity (Wildman–Crippen MR) is 117 cm³/mol. The van der Waals surface area contributed by atoms with Crippen LogP contribution in [0.5, 0.6) is 0 Å². The van der Waals surface area contributed by atoms with E-state index in [1.807, 2.05) is 0 Å². The highest BCUT2D eigenvalue weighted by Gasteiger charge is 2.34. The summed E-state index contributed by atoms with van der Waals surface area (Å²) < 4.78 is 19.0. The Morgan fingerprint density at radius 1 is 1.00 bits per heavy atom. The molecular formula is C21H11Cl2FN2O3S. The number of anilines is 1. The molecule has 1 fully saturated rings. The Kier molecular flexibility index (Phi) is 5.42. The SMILES string of the molecule is O=C1NC(=S)N(c2ccc(F)cc2)C(=O)/C1=C\c1ccc(-c2ccc(Cl)c(Cl)c2)o1. The van der Waals surface area contributed by atoms with Crippen LogP contribution in [0, 0.1) is 5.82 Å². The van der Waals surface area contributed by atoms with Crippen LogP contribution in [0.15, 0.2) is 64.6 Å². The first kappa shape index (κ1) is 20.3. The lowest BCUT2D eigenvalue weighted by Crippen LogP contribution is -2.54. The number of amides is 2. The van der Waals surface area contributed by atoms with Gasteiger partial charge in [-0.05, 0) is 72.9 Å². The van der Waals surface area contributed by atoms with Crippen molar-refractivity contribution in [2.75, 3.05) is 4.90 Å². The van der Waals surface area contributed by atoms with Gasteiger partial charge in [0.05, 0.1) is 15.7 Å². The molecule has 0 spiro atoms. The molecule has 1 aliphatic rings. The molecule has 1 N–H and O–H groups in total. The summed E-state index contributed by atoms with van der Waals surface area (Å²) >= 11 is 17.1. The summed E-state index contributed by atoms with van der Waals surface area (Å²) in [4.78, 5) is 26.4. The maximum absolute atomic E-state index is 13.2. The van der Waals surface area contributed by atoms with E-state index in [4.69, 9.17) is 39.8 Å². The number of thiocarbonyl (C=S) groups is 1.